The third-order valence-electron chi connectivity index (χ3n) is 2.39. The van der Waals surface area contributed by atoms with Crippen LogP contribution in [0.1, 0.15) is 16.7 Å². The Morgan fingerprint density at radius 1 is 0.867 bits per heavy atom. The molecular weight excluding hydrogens is 188 g/mol. The molecule has 84 valence electrons. The second-order valence-electron chi connectivity index (χ2n) is 3.81. The molecule has 0 aromatic heterocycles. The summed E-state index contributed by atoms with van der Waals surface area (Å²) in [7, 11) is 3.48. The second-order valence-corrected chi connectivity index (χ2v) is 3.81. The van der Waals surface area contributed by atoms with Gasteiger partial charge in [0.05, 0.1) is 13.2 Å². The van der Waals surface area contributed by atoms with Gasteiger partial charge >= 0.3 is 0 Å². The zero-order chi connectivity index (χ0) is 11.1. The molecule has 0 saturated heterocycles. The number of rotatable bonds is 6. The number of hydrogen-bond acceptors (Lipinski definition) is 2. The first-order valence-electron chi connectivity index (χ1n) is 5.33. The molecule has 0 aliphatic carbocycles. The molecule has 0 radical (unpaired) electrons. The number of hydrogen-bond donors (Lipinski definition) is 0. The van der Waals surface area contributed by atoms with Crippen molar-refractivity contribution >= 4 is 0 Å². The molecule has 15 heavy (non-hydrogen) atoms. The van der Waals surface area contributed by atoms with Crippen molar-refractivity contribution in [3.8, 4) is 0 Å². The largest absolute Gasteiger partial charge is 0.384 e. The van der Waals surface area contributed by atoms with Crippen molar-refractivity contribution < 1.29 is 9.47 Å². The van der Waals surface area contributed by atoms with E-state index in [4.69, 9.17) is 9.47 Å². The molecule has 1 rings (SSSR count). The maximum atomic E-state index is 5.08. The molecule has 0 saturated carbocycles. The summed E-state index contributed by atoms with van der Waals surface area (Å²) in [6.45, 7) is 3.70. The number of ether oxygens (including phenoxy) is 2. The van der Waals surface area contributed by atoms with Crippen LogP contribution < -0.4 is 0 Å². The predicted octanol–water partition coefficient (Wildman–Crippen LogP) is 2.37. The van der Waals surface area contributed by atoms with Crippen molar-refractivity contribution in [1.82, 2.24) is 0 Å². The van der Waals surface area contributed by atoms with E-state index in [2.05, 4.69) is 25.1 Å². The molecule has 0 N–H and O–H groups in total. The Bertz CT molecular complexity index is 268. The molecule has 1 aromatic rings. The van der Waals surface area contributed by atoms with E-state index in [1.807, 2.05) is 0 Å². The van der Waals surface area contributed by atoms with Gasteiger partial charge in [-0.05, 0) is 30.9 Å². The van der Waals surface area contributed by atoms with Gasteiger partial charge in [0, 0.05) is 14.2 Å². The fourth-order valence-electron chi connectivity index (χ4n) is 1.68. The van der Waals surface area contributed by atoms with Gasteiger partial charge in [0.15, 0.2) is 0 Å². The predicted molar refractivity (Wildman–Crippen MR) is 62.3 cm³/mol. The average Bonchev–Trinajstić information content (AvgIpc) is 2.23. The quantitative estimate of drug-likeness (QED) is 0.714. The molecule has 0 aliphatic rings. The Morgan fingerprint density at radius 2 is 1.33 bits per heavy atom. The van der Waals surface area contributed by atoms with E-state index in [1.165, 1.54) is 16.7 Å². The van der Waals surface area contributed by atoms with Crippen LogP contribution in [0.15, 0.2) is 18.2 Å². The molecule has 2 nitrogen and oxygen atoms in total. The van der Waals surface area contributed by atoms with Crippen LogP contribution in [-0.4, -0.2) is 27.4 Å². The Morgan fingerprint density at radius 3 is 1.73 bits per heavy atom. The van der Waals surface area contributed by atoms with Gasteiger partial charge in [-0.3, -0.25) is 0 Å². The summed E-state index contributed by atoms with van der Waals surface area (Å²) in [6.07, 6.45) is 1.97. The van der Waals surface area contributed by atoms with Gasteiger partial charge in [0.2, 0.25) is 0 Å². The van der Waals surface area contributed by atoms with E-state index < -0.39 is 0 Å². The van der Waals surface area contributed by atoms with Crippen LogP contribution in [0.5, 0.6) is 0 Å². The molecule has 0 amide bonds. The first-order valence-corrected chi connectivity index (χ1v) is 5.33. The summed E-state index contributed by atoms with van der Waals surface area (Å²) in [5, 5.41) is 0. The van der Waals surface area contributed by atoms with Crippen LogP contribution in [0, 0.1) is 6.92 Å². The minimum Gasteiger partial charge on any atom is -0.384 e. The van der Waals surface area contributed by atoms with E-state index in [-0.39, 0.29) is 0 Å². The van der Waals surface area contributed by atoms with Gasteiger partial charge < -0.3 is 9.47 Å². The molecule has 0 spiro atoms. The van der Waals surface area contributed by atoms with Crippen molar-refractivity contribution in [2.75, 3.05) is 27.4 Å². The first-order chi connectivity index (χ1) is 7.26. The Hall–Kier alpha value is -0.860. The number of aryl methyl sites for hydroxylation is 1. The smallest absolute Gasteiger partial charge is 0.0502 e. The molecule has 0 bridgehead atoms. The summed E-state index contributed by atoms with van der Waals surface area (Å²) in [5.74, 6) is 0. The van der Waals surface area contributed by atoms with Gasteiger partial charge in [-0.2, -0.15) is 0 Å². The van der Waals surface area contributed by atoms with Gasteiger partial charge in [-0.25, -0.2) is 0 Å². The highest BCUT2D eigenvalue weighted by Crippen LogP contribution is 2.11. The lowest BCUT2D eigenvalue weighted by Gasteiger charge is -2.07. The van der Waals surface area contributed by atoms with E-state index in [0.29, 0.717) is 0 Å². The Balaban J connectivity index is 2.66. The molecule has 0 fully saturated rings. The summed E-state index contributed by atoms with van der Waals surface area (Å²) in [4.78, 5) is 0. The zero-order valence-electron chi connectivity index (χ0n) is 9.88. The topological polar surface area (TPSA) is 18.5 Å². The maximum absolute atomic E-state index is 5.08. The number of methoxy groups -OCH3 is 2. The standard InChI is InChI=1S/C13H20O2/c1-11-8-12(4-6-14-2)10-13(9-11)5-7-15-3/h8-10H,4-7H2,1-3H3. The lowest BCUT2D eigenvalue weighted by atomic mass is 10.0. The molecule has 0 aliphatic heterocycles. The fraction of sp³-hybridized carbons (Fsp3) is 0.538. The lowest BCUT2D eigenvalue weighted by Crippen LogP contribution is -1.99. The third kappa shape index (κ3) is 4.45. The van der Waals surface area contributed by atoms with Crippen LogP contribution in [0.2, 0.25) is 0 Å². The minimum absolute atomic E-state index is 0.785. The molecule has 1 aromatic carbocycles. The average molecular weight is 208 g/mol. The highest BCUT2D eigenvalue weighted by Gasteiger charge is 1.99. The zero-order valence-corrected chi connectivity index (χ0v) is 9.88. The monoisotopic (exact) mass is 208 g/mol. The van der Waals surface area contributed by atoms with Crippen molar-refractivity contribution in [3.63, 3.8) is 0 Å². The van der Waals surface area contributed by atoms with Gasteiger partial charge in [0.25, 0.3) is 0 Å². The van der Waals surface area contributed by atoms with E-state index in [9.17, 15) is 0 Å². The minimum atomic E-state index is 0.785. The second kappa shape index (κ2) is 6.59. The molecular formula is C13H20O2. The Labute approximate surface area is 92.2 Å². The Kier molecular flexibility index (Phi) is 5.37. The van der Waals surface area contributed by atoms with Crippen molar-refractivity contribution in [2.45, 2.75) is 19.8 Å². The van der Waals surface area contributed by atoms with Gasteiger partial charge in [0.1, 0.15) is 0 Å². The lowest BCUT2D eigenvalue weighted by molar-refractivity contribution is 0.201. The molecule has 0 heterocycles. The fourth-order valence-corrected chi connectivity index (χ4v) is 1.68. The van der Waals surface area contributed by atoms with Crippen LogP contribution in [0.4, 0.5) is 0 Å². The molecule has 0 atom stereocenters. The molecule has 2 heteroatoms. The summed E-state index contributed by atoms with van der Waals surface area (Å²) >= 11 is 0. The SMILES string of the molecule is COCCc1cc(C)cc(CCOC)c1. The van der Waals surface area contributed by atoms with Gasteiger partial charge in [-0.15, -0.1) is 0 Å². The first kappa shape index (κ1) is 12.2. The van der Waals surface area contributed by atoms with Crippen molar-refractivity contribution in [3.05, 3.63) is 34.9 Å². The molecule has 0 unspecified atom stereocenters. The van der Waals surface area contributed by atoms with Gasteiger partial charge in [-0.1, -0.05) is 23.8 Å². The van der Waals surface area contributed by atoms with Crippen LogP contribution in [0.25, 0.3) is 0 Å². The van der Waals surface area contributed by atoms with Crippen molar-refractivity contribution in [2.24, 2.45) is 0 Å². The van der Waals surface area contributed by atoms with Crippen LogP contribution in [-0.2, 0) is 22.3 Å². The normalized spacial score (nSPS) is 10.6. The number of benzene rings is 1. The van der Waals surface area contributed by atoms with E-state index in [0.717, 1.165) is 26.1 Å². The van der Waals surface area contributed by atoms with Crippen molar-refractivity contribution in [1.29, 1.82) is 0 Å². The summed E-state index contributed by atoms with van der Waals surface area (Å²) in [6, 6.07) is 6.68. The summed E-state index contributed by atoms with van der Waals surface area (Å²) < 4.78 is 10.2. The van der Waals surface area contributed by atoms with Crippen LogP contribution >= 0.6 is 0 Å². The van der Waals surface area contributed by atoms with E-state index >= 15 is 0 Å². The third-order valence-corrected chi connectivity index (χ3v) is 2.39. The highest BCUT2D eigenvalue weighted by atomic mass is 16.5. The maximum Gasteiger partial charge on any atom is 0.0502 e. The van der Waals surface area contributed by atoms with E-state index in [1.54, 1.807) is 14.2 Å². The van der Waals surface area contributed by atoms with Crippen LogP contribution in [0.3, 0.4) is 0 Å². The highest BCUT2D eigenvalue weighted by molar-refractivity contribution is 5.29. The summed E-state index contributed by atoms with van der Waals surface area (Å²) in [5.41, 5.74) is 4.01.